The fourth-order valence-electron chi connectivity index (χ4n) is 1.94. The molecule has 1 aliphatic rings. The Morgan fingerprint density at radius 3 is 3.00 bits per heavy atom. The first kappa shape index (κ1) is 12.8. The zero-order chi connectivity index (χ0) is 12.4. The van der Waals surface area contributed by atoms with Gasteiger partial charge in [-0.05, 0) is 47.2 Å². The average Bonchev–Trinajstić information content (AvgIpc) is 2.80. The second-order valence-electron chi connectivity index (χ2n) is 4.02. The zero-order valence-electron chi connectivity index (χ0n) is 9.45. The lowest BCUT2D eigenvalue weighted by Crippen LogP contribution is -2.30. The molecule has 3 nitrogen and oxygen atoms in total. The molecular formula is C12H13FINO2. The van der Waals surface area contributed by atoms with Crippen LogP contribution in [0.4, 0.5) is 4.39 Å². The SMILES string of the molecule is CO[C@@H]1CCN(C(=O)c2cc(I)ccc2F)C1. The zero-order valence-corrected chi connectivity index (χ0v) is 11.6. The maximum atomic E-state index is 13.6. The van der Waals surface area contributed by atoms with Gasteiger partial charge in [0, 0.05) is 23.8 Å². The minimum Gasteiger partial charge on any atom is -0.380 e. The first-order valence-electron chi connectivity index (χ1n) is 5.39. The van der Waals surface area contributed by atoms with Crippen LogP contribution in [-0.2, 0) is 4.74 Å². The van der Waals surface area contributed by atoms with Crippen molar-refractivity contribution in [3.05, 3.63) is 33.1 Å². The maximum Gasteiger partial charge on any atom is 0.256 e. The molecule has 0 radical (unpaired) electrons. The Hall–Kier alpha value is -0.690. The number of carbonyl (C=O) groups excluding carboxylic acids is 1. The van der Waals surface area contributed by atoms with Gasteiger partial charge in [0.25, 0.3) is 5.91 Å². The first-order valence-corrected chi connectivity index (χ1v) is 6.47. The van der Waals surface area contributed by atoms with Crippen molar-refractivity contribution in [1.29, 1.82) is 0 Å². The summed E-state index contributed by atoms with van der Waals surface area (Å²) in [6.07, 6.45) is 0.887. The lowest BCUT2D eigenvalue weighted by Gasteiger charge is -2.16. The van der Waals surface area contributed by atoms with Gasteiger partial charge in [0.2, 0.25) is 0 Å². The van der Waals surface area contributed by atoms with E-state index in [0.717, 1.165) is 9.99 Å². The molecule has 0 aliphatic carbocycles. The van der Waals surface area contributed by atoms with Gasteiger partial charge >= 0.3 is 0 Å². The molecule has 0 unspecified atom stereocenters. The number of ether oxygens (including phenoxy) is 1. The molecule has 0 N–H and O–H groups in total. The third kappa shape index (κ3) is 2.77. The summed E-state index contributed by atoms with van der Waals surface area (Å²) in [4.78, 5) is 13.8. The molecular weight excluding hydrogens is 336 g/mol. The van der Waals surface area contributed by atoms with Crippen molar-refractivity contribution >= 4 is 28.5 Å². The normalized spacial score (nSPS) is 19.7. The van der Waals surface area contributed by atoms with E-state index < -0.39 is 5.82 Å². The predicted molar refractivity (Wildman–Crippen MR) is 70.4 cm³/mol. The minimum absolute atomic E-state index is 0.0739. The fourth-order valence-corrected chi connectivity index (χ4v) is 2.43. The highest BCUT2D eigenvalue weighted by Crippen LogP contribution is 2.19. The van der Waals surface area contributed by atoms with Gasteiger partial charge in [-0.15, -0.1) is 0 Å². The molecule has 0 spiro atoms. The van der Waals surface area contributed by atoms with Crippen molar-refractivity contribution in [2.75, 3.05) is 20.2 Å². The van der Waals surface area contributed by atoms with E-state index in [0.29, 0.717) is 13.1 Å². The van der Waals surface area contributed by atoms with Crippen molar-refractivity contribution in [1.82, 2.24) is 4.90 Å². The summed E-state index contributed by atoms with van der Waals surface area (Å²) in [5.41, 5.74) is 0.147. The molecule has 17 heavy (non-hydrogen) atoms. The van der Waals surface area contributed by atoms with Crippen LogP contribution in [0.15, 0.2) is 18.2 Å². The predicted octanol–water partition coefficient (Wildman–Crippen LogP) is 2.29. The monoisotopic (exact) mass is 349 g/mol. The third-order valence-corrected chi connectivity index (χ3v) is 3.60. The van der Waals surface area contributed by atoms with Gasteiger partial charge in [0.1, 0.15) is 5.82 Å². The molecule has 1 saturated heterocycles. The summed E-state index contributed by atoms with van der Waals surface area (Å²) in [7, 11) is 1.63. The van der Waals surface area contributed by atoms with Crippen molar-refractivity contribution < 1.29 is 13.9 Å². The third-order valence-electron chi connectivity index (χ3n) is 2.92. The highest BCUT2D eigenvalue weighted by Gasteiger charge is 2.28. The van der Waals surface area contributed by atoms with Gasteiger partial charge in [-0.1, -0.05) is 0 Å². The number of hydrogen-bond acceptors (Lipinski definition) is 2. The van der Waals surface area contributed by atoms with E-state index in [-0.39, 0.29) is 17.6 Å². The van der Waals surface area contributed by atoms with E-state index in [1.54, 1.807) is 24.1 Å². The fraction of sp³-hybridized carbons (Fsp3) is 0.417. The van der Waals surface area contributed by atoms with Crippen LogP contribution in [0.5, 0.6) is 0 Å². The van der Waals surface area contributed by atoms with Crippen LogP contribution in [0.3, 0.4) is 0 Å². The number of nitrogens with zero attached hydrogens (tertiary/aromatic N) is 1. The largest absolute Gasteiger partial charge is 0.380 e. The highest BCUT2D eigenvalue weighted by atomic mass is 127. The number of halogens is 2. The van der Waals surface area contributed by atoms with E-state index >= 15 is 0 Å². The number of rotatable bonds is 2. The van der Waals surface area contributed by atoms with Gasteiger partial charge in [0.15, 0.2) is 0 Å². The van der Waals surface area contributed by atoms with Gasteiger partial charge in [0.05, 0.1) is 11.7 Å². The molecule has 1 aliphatic heterocycles. The molecule has 92 valence electrons. The molecule has 5 heteroatoms. The standard InChI is InChI=1S/C12H13FINO2/c1-17-9-4-5-15(7-9)12(16)10-6-8(14)2-3-11(10)13/h2-3,6,9H,4-5,7H2,1H3/t9-/m1/s1. The Kier molecular flexibility index (Phi) is 3.98. The second-order valence-corrected chi connectivity index (χ2v) is 5.27. The number of carbonyl (C=O) groups is 1. The van der Waals surface area contributed by atoms with Crippen molar-refractivity contribution in [2.45, 2.75) is 12.5 Å². The molecule has 1 fully saturated rings. The summed E-state index contributed by atoms with van der Waals surface area (Å²) in [6, 6.07) is 4.56. The molecule has 1 amide bonds. The van der Waals surface area contributed by atoms with Crippen molar-refractivity contribution in [2.24, 2.45) is 0 Å². The van der Waals surface area contributed by atoms with Gasteiger partial charge in [-0.2, -0.15) is 0 Å². The Morgan fingerprint density at radius 1 is 1.59 bits per heavy atom. The molecule has 0 bridgehead atoms. The van der Waals surface area contributed by atoms with Gasteiger partial charge in [-0.25, -0.2) is 4.39 Å². The first-order chi connectivity index (χ1) is 8.11. The Labute approximate surface area is 113 Å². The van der Waals surface area contributed by atoms with Crippen LogP contribution in [0.2, 0.25) is 0 Å². The molecule has 0 saturated carbocycles. The summed E-state index contributed by atoms with van der Waals surface area (Å²) < 4.78 is 19.6. The Bertz CT molecular complexity index is 439. The number of methoxy groups -OCH3 is 1. The molecule has 1 aromatic carbocycles. The average molecular weight is 349 g/mol. The van der Waals surface area contributed by atoms with Crippen LogP contribution in [-0.4, -0.2) is 37.1 Å². The molecule has 1 heterocycles. The number of likely N-dealkylation sites (tertiary alicyclic amines) is 1. The van der Waals surface area contributed by atoms with E-state index in [2.05, 4.69) is 22.6 Å². The topological polar surface area (TPSA) is 29.5 Å². The van der Waals surface area contributed by atoms with Crippen LogP contribution >= 0.6 is 22.6 Å². The summed E-state index contributed by atoms with van der Waals surface area (Å²) in [6.45, 7) is 1.17. The minimum atomic E-state index is -0.462. The summed E-state index contributed by atoms with van der Waals surface area (Å²) >= 11 is 2.07. The maximum absolute atomic E-state index is 13.6. The summed E-state index contributed by atoms with van der Waals surface area (Å²) in [5.74, 6) is -0.711. The number of hydrogen-bond donors (Lipinski definition) is 0. The summed E-state index contributed by atoms with van der Waals surface area (Å²) in [5, 5.41) is 0. The quantitative estimate of drug-likeness (QED) is 0.767. The lowest BCUT2D eigenvalue weighted by molar-refractivity contribution is 0.0720. The lowest BCUT2D eigenvalue weighted by atomic mass is 10.2. The van der Waals surface area contributed by atoms with Crippen molar-refractivity contribution in [3.8, 4) is 0 Å². The van der Waals surface area contributed by atoms with Gasteiger partial charge < -0.3 is 9.64 Å². The van der Waals surface area contributed by atoms with E-state index in [1.165, 1.54) is 6.07 Å². The van der Waals surface area contributed by atoms with E-state index in [1.807, 2.05) is 0 Å². The van der Waals surface area contributed by atoms with Gasteiger partial charge in [-0.3, -0.25) is 4.79 Å². The smallest absolute Gasteiger partial charge is 0.256 e. The van der Waals surface area contributed by atoms with E-state index in [4.69, 9.17) is 4.74 Å². The second kappa shape index (κ2) is 5.30. The number of amides is 1. The van der Waals surface area contributed by atoms with Crippen LogP contribution in [0, 0.1) is 9.39 Å². The van der Waals surface area contributed by atoms with E-state index in [9.17, 15) is 9.18 Å². The Balaban J connectivity index is 2.17. The van der Waals surface area contributed by atoms with Crippen LogP contribution in [0.1, 0.15) is 16.8 Å². The molecule has 1 atom stereocenters. The highest BCUT2D eigenvalue weighted by molar-refractivity contribution is 14.1. The van der Waals surface area contributed by atoms with Crippen LogP contribution < -0.4 is 0 Å². The molecule has 2 rings (SSSR count). The molecule has 0 aromatic heterocycles. The molecule has 1 aromatic rings. The van der Waals surface area contributed by atoms with Crippen LogP contribution in [0.25, 0.3) is 0 Å². The van der Waals surface area contributed by atoms with Crippen molar-refractivity contribution in [3.63, 3.8) is 0 Å². The number of benzene rings is 1. The Morgan fingerprint density at radius 2 is 2.35 bits per heavy atom.